The van der Waals surface area contributed by atoms with Crippen LogP contribution in [0.3, 0.4) is 0 Å². The molecule has 0 radical (unpaired) electrons. The number of benzene rings is 1. The second-order valence-corrected chi connectivity index (χ2v) is 3.93. The Kier molecular flexibility index (Phi) is 3.19. The molecule has 1 atom stereocenters. The second-order valence-electron chi connectivity index (χ2n) is 3.93. The molecular weight excluding hydrogens is 221 g/mol. The van der Waals surface area contributed by atoms with Gasteiger partial charge in [0.1, 0.15) is 5.82 Å². The van der Waals surface area contributed by atoms with E-state index in [0.29, 0.717) is 17.3 Å². The Morgan fingerprint density at radius 3 is 2.88 bits per heavy atom. The summed E-state index contributed by atoms with van der Waals surface area (Å²) < 4.78 is 18.2. The normalized spacial score (nSPS) is 12.7. The van der Waals surface area contributed by atoms with Crippen LogP contribution in [0.15, 0.2) is 22.7 Å². The van der Waals surface area contributed by atoms with E-state index in [-0.39, 0.29) is 11.9 Å². The summed E-state index contributed by atoms with van der Waals surface area (Å²) in [7, 11) is 0. The zero-order valence-corrected chi connectivity index (χ0v) is 9.77. The van der Waals surface area contributed by atoms with Crippen molar-refractivity contribution in [2.45, 2.75) is 26.3 Å². The summed E-state index contributed by atoms with van der Waals surface area (Å²) in [5.74, 6) is 0.596. The van der Waals surface area contributed by atoms with Gasteiger partial charge >= 0.3 is 0 Å². The Morgan fingerprint density at radius 2 is 2.24 bits per heavy atom. The molecule has 0 unspecified atom stereocenters. The van der Waals surface area contributed by atoms with Crippen molar-refractivity contribution in [3.8, 4) is 11.4 Å². The zero-order chi connectivity index (χ0) is 12.4. The summed E-state index contributed by atoms with van der Waals surface area (Å²) in [5.41, 5.74) is 7.06. The molecule has 0 aliphatic rings. The summed E-state index contributed by atoms with van der Waals surface area (Å²) in [6, 6.07) is 4.44. The van der Waals surface area contributed by atoms with Crippen molar-refractivity contribution in [2.24, 2.45) is 5.73 Å². The minimum absolute atomic E-state index is 0.247. The molecule has 0 bridgehead atoms. The van der Waals surface area contributed by atoms with Gasteiger partial charge in [-0.25, -0.2) is 4.39 Å². The molecule has 0 amide bonds. The molecule has 90 valence electrons. The van der Waals surface area contributed by atoms with Crippen LogP contribution in [0.25, 0.3) is 11.4 Å². The van der Waals surface area contributed by atoms with Crippen molar-refractivity contribution in [1.29, 1.82) is 0 Å². The highest BCUT2D eigenvalue weighted by molar-refractivity contribution is 5.55. The third kappa shape index (κ3) is 2.34. The molecule has 2 aromatic rings. The molecule has 5 heteroatoms. The van der Waals surface area contributed by atoms with Gasteiger partial charge < -0.3 is 10.3 Å². The molecule has 2 rings (SSSR count). The lowest BCUT2D eigenvalue weighted by Crippen LogP contribution is -2.08. The van der Waals surface area contributed by atoms with Gasteiger partial charge in [0.05, 0.1) is 6.04 Å². The maximum absolute atomic E-state index is 13.1. The van der Waals surface area contributed by atoms with Crippen molar-refractivity contribution in [1.82, 2.24) is 10.1 Å². The van der Waals surface area contributed by atoms with Gasteiger partial charge in [-0.1, -0.05) is 12.1 Å². The number of nitrogens with zero attached hydrogens (tertiary/aromatic N) is 2. The van der Waals surface area contributed by atoms with Crippen LogP contribution in [0.4, 0.5) is 4.39 Å². The van der Waals surface area contributed by atoms with E-state index in [1.54, 1.807) is 19.1 Å². The van der Waals surface area contributed by atoms with Crippen molar-refractivity contribution in [2.75, 3.05) is 0 Å². The summed E-state index contributed by atoms with van der Waals surface area (Å²) in [6.45, 7) is 3.63. The molecule has 2 N–H and O–H groups in total. The van der Waals surface area contributed by atoms with Gasteiger partial charge in [-0.3, -0.25) is 0 Å². The van der Waals surface area contributed by atoms with E-state index in [1.807, 2.05) is 6.92 Å². The van der Waals surface area contributed by atoms with E-state index in [4.69, 9.17) is 10.3 Å². The van der Waals surface area contributed by atoms with Crippen LogP contribution in [0.2, 0.25) is 0 Å². The van der Waals surface area contributed by atoms with Crippen LogP contribution >= 0.6 is 0 Å². The first kappa shape index (κ1) is 11.7. The Balaban J connectivity index is 2.33. The molecule has 17 heavy (non-hydrogen) atoms. The molecule has 1 heterocycles. The fraction of sp³-hybridized carbons (Fsp3) is 0.333. The highest BCUT2D eigenvalue weighted by atomic mass is 19.1. The topological polar surface area (TPSA) is 64.9 Å². The average molecular weight is 235 g/mol. The van der Waals surface area contributed by atoms with Gasteiger partial charge in [0, 0.05) is 5.56 Å². The molecule has 0 saturated carbocycles. The number of rotatable bonds is 3. The van der Waals surface area contributed by atoms with E-state index in [9.17, 15) is 4.39 Å². The van der Waals surface area contributed by atoms with Gasteiger partial charge in [-0.2, -0.15) is 4.98 Å². The Morgan fingerprint density at radius 1 is 1.47 bits per heavy atom. The highest BCUT2D eigenvalue weighted by Crippen LogP contribution is 2.21. The van der Waals surface area contributed by atoms with E-state index in [2.05, 4.69) is 10.1 Å². The van der Waals surface area contributed by atoms with Crippen LogP contribution < -0.4 is 5.73 Å². The molecule has 0 fully saturated rings. The van der Waals surface area contributed by atoms with Crippen LogP contribution in [0.1, 0.15) is 30.8 Å². The van der Waals surface area contributed by atoms with E-state index < -0.39 is 0 Å². The first-order chi connectivity index (χ1) is 8.11. The lowest BCUT2D eigenvalue weighted by molar-refractivity contribution is 0.352. The smallest absolute Gasteiger partial charge is 0.243 e. The molecule has 0 aliphatic heterocycles. The number of halogens is 1. The van der Waals surface area contributed by atoms with Crippen LogP contribution in [0, 0.1) is 12.7 Å². The number of hydrogen-bond donors (Lipinski definition) is 1. The number of aromatic nitrogens is 2. The lowest BCUT2D eigenvalue weighted by Gasteiger charge is -2.00. The zero-order valence-electron chi connectivity index (χ0n) is 9.77. The Bertz CT molecular complexity index is 524. The summed E-state index contributed by atoms with van der Waals surface area (Å²) >= 11 is 0. The fourth-order valence-electron chi connectivity index (χ4n) is 1.46. The quantitative estimate of drug-likeness (QED) is 0.888. The van der Waals surface area contributed by atoms with E-state index >= 15 is 0 Å². The van der Waals surface area contributed by atoms with Crippen molar-refractivity contribution < 1.29 is 8.91 Å². The molecule has 0 saturated heterocycles. The molecule has 0 aliphatic carbocycles. The van der Waals surface area contributed by atoms with Crippen molar-refractivity contribution in [3.05, 3.63) is 35.5 Å². The molecular formula is C12H14FN3O. The Labute approximate surface area is 98.6 Å². The highest BCUT2D eigenvalue weighted by Gasteiger charge is 2.14. The standard InChI is InChI=1S/C12H14FN3O/c1-3-10(14)12-15-11(16-17-12)8-4-5-9(13)7(2)6-8/h4-6,10H,3,14H2,1-2H3/t10-/m1/s1. The van der Waals surface area contributed by atoms with Crippen LogP contribution in [-0.2, 0) is 0 Å². The van der Waals surface area contributed by atoms with Crippen molar-refractivity contribution in [3.63, 3.8) is 0 Å². The first-order valence-electron chi connectivity index (χ1n) is 5.47. The van der Waals surface area contributed by atoms with Crippen molar-refractivity contribution >= 4 is 0 Å². The second kappa shape index (κ2) is 4.63. The predicted molar refractivity (Wildman–Crippen MR) is 61.6 cm³/mol. The SMILES string of the molecule is CC[C@@H](N)c1nc(-c2ccc(F)c(C)c2)no1. The summed E-state index contributed by atoms with van der Waals surface area (Å²) in [5, 5.41) is 3.84. The summed E-state index contributed by atoms with van der Waals surface area (Å²) in [4.78, 5) is 4.20. The maximum atomic E-state index is 13.1. The minimum atomic E-state index is -0.252. The first-order valence-corrected chi connectivity index (χ1v) is 5.47. The van der Waals surface area contributed by atoms with Crippen LogP contribution in [0.5, 0.6) is 0 Å². The van der Waals surface area contributed by atoms with E-state index in [0.717, 1.165) is 12.0 Å². The van der Waals surface area contributed by atoms with Gasteiger partial charge in [-0.15, -0.1) is 0 Å². The fourth-order valence-corrected chi connectivity index (χ4v) is 1.46. The molecule has 1 aromatic carbocycles. The van der Waals surface area contributed by atoms with Crippen LogP contribution in [-0.4, -0.2) is 10.1 Å². The summed E-state index contributed by atoms with van der Waals surface area (Å²) in [6.07, 6.45) is 0.726. The lowest BCUT2D eigenvalue weighted by atomic mass is 10.1. The molecule has 1 aromatic heterocycles. The molecule has 0 spiro atoms. The maximum Gasteiger partial charge on any atom is 0.243 e. The monoisotopic (exact) mass is 235 g/mol. The average Bonchev–Trinajstić information content (AvgIpc) is 2.81. The third-order valence-corrected chi connectivity index (χ3v) is 2.61. The molecule has 4 nitrogen and oxygen atoms in total. The number of nitrogens with two attached hydrogens (primary N) is 1. The van der Waals surface area contributed by atoms with Gasteiger partial charge in [0.15, 0.2) is 0 Å². The number of hydrogen-bond acceptors (Lipinski definition) is 4. The minimum Gasteiger partial charge on any atom is -0.337 e. The largest absolute Gasteiger partial charge is 0.337 e. The predicted octanol–water partition coefficient (Wildman–Crippen LogP) is 2.59. The van der Waals surface area contributed by atoms with E-state index in [1.165, 1.54) is 6.07 Å². The van der Waals surface area contributed by atoms with Gasteiger partial charge in [-0.05, 0) is 37.1 Å². The van der Waals surface area contributed by atoms with Gasteiger partial charge in [0.2, 0.25) is 11.7 Å². The number of aryl methyl sites for hydroxylation is 1. The third-order valence-electron chi connectivity index (χ3n) is 2.61. The Hall–Kier alpha value is -1.75. The van der Waals surface area contributed by atoms with Gasteiger partial charge in [0.25, 0.3) is 0 Å².